The molecule has 0 unspecified atom stereocenters. The zero-order valence-corrected chi connectivity index (χ0v) is 14.3. The van der Waals surface area contributed by atoms with Crippen molar-refractivity contribution in [3.8, 4) is 11.3 Å². The molecule has 1 atom stereocenters. The fourth-order valence-corrected chi connectivity index (χ4v) is 2.34. The van der Waals surface area contributed by atoms with Gasteiger partial charge in [-0.25, -0.2) is 4.79 Å². The molecular weight excluding hydrogens is 330 g/mol. The van der Waals surface area contributed by atoms with Crippen LogP contribution in [0.15, 0.2) is 40.8 Å². The maximum atomic E-state index is 12.2. The molecule has 0 aliphatic rings. The Kier molecular flexibility index (Phi) is 5.87. The summed E-state index contributed by atoms with van der Waals surface area (Å²) in [6, 6.07) is 9.47. The van der Waals surface area contributed by atoms with E-state index < -0.39 is 12.1 Å². The molecule has 24 heavy (non-hydrogen) atoms. The zero-order valence-electron chi connectivity index (χ0n) is 13.5. The maximum absolute atomic E-state index is 12.2. The molecule has 0 bridgehead atoms. The van der Waals surface area contributed by atoms with Crippen molar-refractivity contribution in [2.75, 3.05) is 0 Å². The molecular formula is C17H20ClN3O3. The van der Waals surface area contributed by atoms with Gasteiger partial charge < -0.3 is 20.8 Å². The van der Waals surface area contributed by atoms with Crippen molar-refractivity contribution in [1.82, 2.24) is 10.6 Å². The van der Waals surface area contributed by atoms with Gasteiger partial charge >= 0.3 is 6.03 Å². The van der Waals surface area contributed by atoms with Crippen LogP contribution in [0, 0.1) is 5.92 Å². The topological polar surface area (TPSA) is 97.4 Å². The number of hydrogen-bond acceptors (Lipinski definition) is 3. The molecule has 0 fully saturated rings. The molecule has 0 spiro atoms. The standard InChI is InChI=1S/C17H20ClN3O3/c1-10(2)15(21-17(19)23)16(22)20-9-13-7-8-14(24-13)11-3-5-12(18)6-4-11/h3-8,10,15H,9H2,1-2H3,(H,20,22)(H3,19,21,23)/t15-/m0/s1. The minimum absolute atomic E-state index is 0.0845. The number of benzene rings is 1. The van der Waals surface area contributed by atoms with Gasteiger partial charge in [-0.05, 0) is 42.3 Å². The van der Waals surface area contributed by atoms with Gasteiger partial charge in [-0.2, -0.15) is 0 Å². The Morgan fingerprint density at radius 3 is 2.42 bits per heavy atom. The summed E-state index contributed by atoms with van der Waals surface area (Å²) in [4.78, 5) is 23.2. The maximum Gasteiger partial charge on any atom is 0.312 e. The van der Waals surface area contributed by atoms with Crippen LogP contribution in [-0.4, -0.2) is 18.0 Å². The van der Waals surface area contributed by atoms with Crippen LogP contribution in [0.2, 0.25) is 5.02 Å². The lowest BCUT2D eigenvalue weighted by Gasteiger charge is -2.20. The van der Waals surface area contributed by atoms with Crippen LogP contribution in [0.4, 0.5) is 4.79 Å². The Morgan fingerprint density at radius 1 is 1.17 bits per heavy atom. The van der Waals surface area contributed by atoms with Crippen LogP contribution in [0.25, 0.3) is 11.3 Å². The van der Waals surface area contributed by atoms with E-state index in [4.69, 9.17) is 21.8 Å². The average molecular weight is 350 g/mol. The molecule has 6 nitrogen and oxygen atoms in total. The second-order valence-corrected chi connectivity index (χ2v) is 6.16. The van der Waals surface area contributed by atoms with Gasteiger partial charge in [0.05, 0.1) is 6.54 Å². The van der Waals surface area contributed by atoms with Crippen molar-refractivity contribution in [3.05, 3.63) is 47.2 Å². The van der Waals surface area contributed by atoms with Gasteiger partial charge in [0.2, 0.25) is 5.91 Å². The SMILES string of the molecule is CC(C)[C@H](NC(N)=O)C(=O)NCc1ccc(-c2ccc(Cl)cc2)o1. The van der Waals surface area contributed by atoms with E-state index in [0.717, 1.165) is 5.56 Å². The lowest BCUT2D eigenvalue weighted by molar-refractivity contribution is -0.124. The van der Waals surface area contributed by atoms with Crippen LogP contribution in [0.1, 0.15) is 19.6 Å². The smallest absolute Gasteiger partial charge is 0.312 e. The number of urea groups is 1. The number of primary amides is 1. The summed E-state index contributed by atoms with van der Waals surface area (Å²) < 4.78 is 5.71. The molecule has 1 aromatic carbocycles. The molecule has 1 heterocycles. The third kappa shape index (κ3) is 4.76. The number of halogens is 1. The van der Waals surface area contributed by atoms with E-state index in [-0.39, 0.29) is 18.4 Å². The number of rotatable bonds is 6. The van der Waals surface area contributed by atoms with Crippen LogP contribution in [0.5, 0.6) is 0 Å². The van der Waals surface area contributed by atoms with E-state index in [1.165, 1.54) is 0 Å². The van der Waals surface area contributed by atoms with Gasteiger partial charge in [-0.1, -0.05) is 25.4 Å². The van der Waals surface area contributed by atoms with Crippen LogP contribution < -0.4 is 16.4 Å². The predicted molar refractivity (Wildman–Crippen MR) is 92.3 cm³/mol. The number of amides is 3. The predicted octanol–water partition coefficient (Wildman–Crippen LogP) is 2.91. The van der Waals surface area contributed by atoms with Crippen LogP contribution in [-0.2, 0) is 11.3 Å². The molecule has 0 saturated carbocycles. The Hall–Kier alpha value is -2.47. The van der Waals surface area contributed by atoms with Crippen molar-refractivity contribution in [3.63, 3.8) is 0 Å². The number of hydrogen-bond donors (Lipinski definition) is 3. The second-order valence-electron chi connectivity index (χ2n) is 5.72. The minimum atomic E-state index is -0.730. The van der Waals surface area contributed by atoms with Crippen molar-refractivity contribution in [2.24, 2.45) is 11.7 Å². The van der Waals surface area contributed by atoms with Gasteiger partial charge in [0.25, 0.3) is 0 Å². The monoisotopic (exact) mass is 349 g/mol. The minimum Gasteiger partial charge on any atom is -0.459 e. The molecule has 4 N–H and O–H groups in total. The fraction of sp³-hybridized carbons (Fsp3) is 0.294. The average Bonchev–Trinajstić information content (AvgIpc) is 2.99. The lowest BCUT2D eigenvalue weighted by Crippen LogP contribution is -2.51. The number of nitrogens with one attached hydrogen (secondary N) is 2. The van der Waals surface area contributed by atoms with Gasteiger partial charge in [-0.15, -0.1) is 0 Å². The van der Waals surface area contributed by atoms with Crippen molar-refractivity contribution >= 4 is 23.5 Å². The third-order valence-corrected chi connectivity index (χ3v) is 3.73. The summed E-state index contributed by atoms with van der Waals surface area (Å²) in [5.74, 6) is 0.897. The highest BCUT2D eigenvalue weighted by Gasteiger charge is 2.23. The molecule has 1 aromatic heterocycles. The van der Waals surface area contributed by atoms with E-state index in [9.17, 15) is 9.59 Å². The second kappa shape index (κ2) is 7.88. The molecule has 3 amide bonds. The highest BCUT2D eigenvalue weighted by Crippen LogP contribution is 2.23. The Balaban J connectivity index is 1.98. The van der Waals surface area contributed by atoms with E-state index in [2.05, 4.69) is 10.6 Å². The van der Waals surface area contributed by atoms with Crippen molar-refractivity contribution in [2.45, 2.75) is 26.4 Å². The van der Waals surface area contributed by atoms with E-state index in [1.807, 2.05) is 32.0 Å². The van der Waals surface area contributed by atoms with E-state index in [1.54, 1.807) is 18.2 Å². The van der Waals surface area contributed by atoms with E-state index in [0.29, 0.717) is 16.5 Å². The first-order chi connectivity index (χ1) is 11.4. The van der Waals surface area contributed by atoms with Crippen molar-refractivity contribution in [1.29, 1.82) is 0 Å². The first-order valence-corrected chi connectivity index (χ1v) is 7.93. The number of carbonyl (C=O) groups is 2. The summed E-state index contributed by atoms with van der Waals surface area (Å²) in [5, 5.41) is 5.82. The molecule has 0 radical (unpaired) electrons. The normalized spacial score (nSPS) is 12.0. The first-order valence-electron chi connectivity index (χ1n) is 7.55. The number of carbonyl (C=O) groups excluding carboxylic acids is 2. The van der Waals surface area contributed by atoms with Crippen molar-refractivity contribution < 1.29 is 14.0 Å². The lowest BCUT2D eigenvalue weighted by atomic mass is 10.0. The highest BCUT2D eigenvalue weighted by molar-refractivity contribution is 6.30. The van der Waals surface area contributed by atoms with Crippen LogP contribution >= 0.6 is 11.6 Å². The number of furan rings is 1. The zero-order chi connectivity index (χ0) is 17.7. The molecule has 0 aliphatic carbocycles. The quantitative estimate of drug-likeness (QED) is 0.747. The molecule has 7 heteroatoms. The Bertz CT molecular complexity index is 710. The van der Waals surface area contributed by atoms with Gasteiger partial charge in [0.15, 0.2) is 0 Å². The Labute approximate surface area is 145 Å². The van der Waals surface area contributed by atoms with Crippen LogP contribution in [0.3, 0.4) is 0 Å². The summed E-state index contributed by atoms with van der Waals surface area (Å²) >= 11 is 5.86. The molecule has 2 aromatic rings. The Morgan fingerprint density at radius 2 is 1.83 bits per heavy atom. The summed E-state index contributed by atoms with van der Waals surface area (Å²) in [6.07, 6.45) is 0. The van der Waals surface area contributed by atoms with E-state index >= 15 is 0 Å². The van der Waals surface area contributed by atoms with Gasteiger partial charge in [0.1, 0.15) is 17.6 Å². The number of nitrogens with two attached hydrogens (primary N) is 1. The summed E-state index contributed by atoms with van der Waals surface area (Å²) in [6.45, 7) is 3.87. The largest absolute Gasteiger partial charge is 0.459 e. The fourth-order valence-electron chi connectivity index (χ4n) is 2.21. The van der Waals surface area contributed by atoms with Gasteiger partial charge in [0, 0.05) is 10.6 Å². The highest BCUT2D eigenvalue weighted by atomic mass is 35.5. The molecule has 0 saturated heterocycles. The summed E-state index contributed by atoms with van der Waals surface area (Å²) in [5.41, 5.74) is 5.99. The third-order valence-electron chi connectivity index (χ3n) is 3.47. The van der Waals surface area contributed by atoms with Gasteiger partial charge in [-0.3, -0.25) is 4.79 Å². The molecule has 2 rings (SSSR count). The molecule has 128 valence electrons. The molecule has 0 aliphatic heterocycles. The first kappa shape index (κ1) is 17.9. The summed E-state index contributed by atoms with van der Waals surface area (Å²) in [7, 11) is 0.